The van der Waals surface area contributed by atoms with Crippen molar-refractivity contribution in [3.63, 3.8) is 0 Å². The fraction of sp³-hybridized carbons (Fsp3) is 0.429. The van der Waals surface area contributed by atoms with E-state index in [1.54, 1.807) is 19.1 Å². The summed E-state index contributed by atoms with van der Waals surface area (Å²) in [4.78, 5) is 22.7. The topological polar surface area (TPSA) is 78.4 Å². The summed E-state index contributed by atoms with van der Waals surface area (Å²) in [5.41, 5.74) is 1.48. The third-order valence-corrected chi connectivity index (χ3v) is 4.63. The number of nitrogens with one attached hydrogen (secondary N) is 2. The number of hydrogen-bond donors (Lipinski definition) is 3. The van der Waals surface area contributed by atoms with Gasteiger partial charge in [-0.05, 0) is 49.3 Å². The standard InChI is InChI=1S/C14H18N2O3S/c1-9-7-10(4-5-12(9)13(17)18)16-14(19)15-8-11-3-2-6-20-11/h4-5,7,11H,2-3,6,8H2,1H3,(H,17,18)(H2,15,16,19). The SMILES string of the molecule is Cc1cc(NC(=O)NCC2CCCS2)ccc1C(=O)O. The number of amides is 2. The third-order valence-electron chi connectivity index (χ3n) is 3.23. The molecule has 2 amide bonds. The van der Waals surface area contributed by atoms with E-state index in [-0.39, 0.29) is 11.6 Å². The van der Waals surface area contributed by atoms with Gasteiger partial charge in [0.1, 0.15) is 0 Å². The maximum Gasteiger partial charge on any atom is 0.335 e. The van der Waals surface area contributed by atoms with Crippen LogP contribution in [0, 0.1) is 6.92 Å². The molecule has 5 nitrogen and oxygen atoms in total. The van der Waals surface area contributed by atoms with Crippen molar-refractivity contribution in [1.29, 1.82) is 0 Å². The molecule has 1 aliphatic heterocycles. The maximum absolute atomic E-state index is 11.8. The number of aromatic carboxylic acids is 1. The van der Waals surface area contributed by atoms with Crippen LogP contribution in [0.2, 0.25) is 0 Å². The lowest BCUT2D eigenvalue weighted by Crippen LogP contribution is -2.33. The zero-order chi connectivity index (χ0) is 14.5. The van der Waals surface area contributed by atoms with Gasteiger partial charge in [-0.15, -0.1) is 0 Å². The molecule has 0 radical (unpaired) electrons. The first-order valence-corrected chi connectivity index (χ1v) is 7.61. The summed E-state index contributed by atoms with van der Waals surface area (Å²) in [5, 5.41) is 15.0. The quantitative estimate of drug-likeness (QED) is 0.798. The molecule has 6 heteroatoms. The highest BCUT2D eigenvalue weighted by atomic mass is 32.2. The van der Waals surface area contributed by atoms with Gasteiger partial charge < -0.3 is 15.7 Å². The Balaban J connectivity index is 1.87. The monoisotopic (exact) mass is 294 g/mol. The van der Waals surface area contributed by atoms with Crippen LogP contribution < -0.4 is 10.6 Å². The van der Waals surface area contributed by atoms with Crippen molar-refractivity contribution in [1.82, 2.24) is 5.32 Å². The molecule has 1 aromatic carbocycles. The van der Waals surface area contributed by atoms with E-state index in [9.17, 15) is 9.59 Å². The van der Waals surface area contributed by atoms with Gasteiger partial charge in [0, 0.05) is 17.5 Å². The van der Waals surface area contributed by atoms with Crippen LogP contribution >= 0.6 is 11.8 Å². The van der Waals surface area contributed by atoms with E-state index in [1.165, 1.54) is 18.2 Å². The second-order valence-corrected chi connectivity index (χ2v) is 6.21. The summed E-state index contributed by atoms with van der Waals surface area (Å²) in [6.45, 7) is 2.38. The first kappa shape index (κ1) is 14.7. The van der Waals surface area contributed by atoms with E-state index in [1.807, 2.05) is 11.8 Å². The zero-order valence-corrected chi connectivity index (χ0v) is 12.1. The van der Waals surface area contributed by atoms with E-state index < -0.39 is 5.97 Å². The number of hydrogen-bond acceptors (Lipinski definition) is 3. The molecule has 3 N–H and O–H groups in total. The second-order valence-electron chi connectivity index (χ2n) is 4.80. The van der Waals surface area contributed by atoms with Gasteiger partial charge in [0.2, 0.25) is 0 Å². The van der Waals surface area contributed by atoms with Crippen molar-refractivity contribution in [2.24, 2.45) is 0 Å². The predicted octanol–water partition coefficient (Wildman–Crippen LogP) is 2.71. The van der Waals surface area contributed by atoms with Crippen molar-refractivity contribution in [2.45, 2.75) is 25.0 Å². The van der Waals surface area contributed by atoms with E-state index in [0.717, 1.165) is 6.42 Å². The Labute approximate surface area is 122 Å². The molecule has 0 aliphatic carbocycles. The van der Waals surface area contributed by atoms with Crippen LogP contribution in [0.4, 0.5) is 10.5 Å². The number of rotatable bonds is 4. The largest absolute Gasteiger partial charge is 0.478 e. The zero-order valence-electron chi connectivity index (χ0n) is 11.3. The Morgan fingerprint density at radius 1 is 1.45 bits per heavy atom. The first-order valence-electron chi connectivity index (χ1n) is 6.56. The van der Waals surface area contributed by atoms with Gasteiger partial charge in [-0.3, -0.25) is 0 Å². The van der Waals surface area contributed by atoms with E-state index in [4.69, 9.17) is 5.11 Å². The van der Waals surface area contributed by atoms with Gasteiger partial charge in [0.05, 0.1) is 5.56 Å². The lowest BCUT2D eigenvalue weighted by atomic mass is 10.1. The van der Waals surface area contributed by atoms with Gasteiger partial charge in [-0.25, -0.2) is 9.59 Å². The molecule has 108 valence electrons. The number of thioether (sulfide) groups is 1. The minimum Gasteiger partial charge on any atom is -0.478 e. The minimum atomic E-state index is -0.961. The molecule has 1 fully saturated rings. The van der Waals surface area contributed by atoms with Crippen LogP contribution in [0.3, 0.4) is 0 Å². The third kappa shape index (κ3) is 3.90. The van der Waals surface area contributed by atoms with Crippen LogP contribution in [-0.2, 0) is 0 Å². The summed E-state index contributed by atoms with van der Waals surface area (Å²) in [5.74, 6) is 0.209. The van der Waals surface area contributed by atoms with E-state index in [0.29, 0.717) is 23.0 Å². The Kier molecular flexibility index (Phi) is 4.89. The Morgan fingerprint density at radius 2 is 2.25 bits per heavy atom. The lowest BCUT2D eigenvalue weighted by molar-refractivity contribution is 0.0696. The summed E-state index contributed by atoms with van der Waals surface area (Å²) in [7, 11) is 0. The summed E-state index contributed by atoms with van der Waals surface area (Å²) in [6.07, 6.45) is 2.37. The van der Waals surface area contributed by atoms with Crippen molar-refractivity contribution in [3.05, 3.63) is 29.3 Å². The molecule has 20 heavy (non-hydrogen) atoms. The minimum absolute atomic E-state index is 0.248. The van der Waals surface area contributed by atoms with Crippen LogP contribution in [0.5, 0.6) is 0 Å². The summed E-state index contributed by atoms with van der Waals surface area (Å²) >= 11 is 1.89. The average Bonchev–Trinajstić information content (AvgIpc) is 2.89. The number of carboxylic acids is 1. The first-order chi connectivity index (χ1) is 9.56. The molecule has 1 saturated heterocycles. The Bertz CT molecular complexity index is 513. The van der Waals surface area contributed by atoms with Gasteiger partial charge in [-0.1, -0.05) is 0 Å². The van der Waals surface area contributed by atoms with Crippen molar-refractivity contribution in [2.75, 3.05) is 17.6 Å². The van der Waals surface area contributed by atoms with Crippen molar-refractivity contribution in [3.8, 4) is 0 Å². The molecule has 0 bridgehead atoms. The van der Waals surface area contributed by atoms with Gasteiger partial charge in [-0.2, -0.15) is 11.8 Å². The Hall–Kier alpha value is -1.69. The van der Waals surface area contributed by atoms with Gasteiger partial charge in [0.15, 0.2) is 0 Å². The number of urea groups is 1. The van der Waals surface area contributed by atoms with Crippen molar-refractivity contribution < 1.29 is 14.7 Å². The van der Waals surface area contributed by atoms with Crippen LogP contribution in [0.1, 0.15) is 28.8 Å². The van der Waals surface area contributed by atoms with Crippen LogP contribution in [0.25, 0.3) is 0 Å². The fourth-order valence-corrected chi connectivity index (χ4v) is 3.37. The lowest BCUT2D eigenvalue weighted by Gasteiger charge is -2.12. The molecule has 0 aromatic heterocycles. The highest BCUT2D eigenvalue weighted by Gasteiger charge is 2.16. The molecule has 2 rings (SSSR count). The number of carboxylic acid groups (broad SMARTS) is 1. The van der Waals surface area contributed by atoms with E-state index in [2.05, 4.69) is 10.6 Å². The smallest absolute Gasteiger partial charge is 0.335 e. The van der Waals surface area contributed by atoms with E-state index >= 15 is 0 Å². The average molecular weight is 294 g/mol. The highest BCUT2D eigenvalue weighted by molar-refractivity contribution is 8.00. The number of benzene rings is 1. The van der Waals surface area contributed by atoms with Crippen molar-refractivity contribution >= 4 is 29.4 Å². The summed E-state index contributed by atoms with van der Waals surface area (Å²) in [6, 6.07) is 4.51. The molecule has 0 saturated carbocycles. The number of carbonyl (C=O) groups excluding carboxylic acids is 1. The molecular formula is C14H18N2O3S. The normalized spacial score (nSPS) is 17.8. The number of anilines is 1. The molecule has 1 unspecified atom stereocenters. The molecule has 1 aliphatic rings. The Morgan fingerprint density at radius 3 is 2.85 bits per heavy atom. The van der Waals surface area contributed by atoms with Crippen LogP contribution in [-0.4, -0.2) is 34.7 Å². The maximum atomic E-state index is 11.8. The number of aryl methyl sites for hydroxylation is 1. The molecular weight excluding hydrogens is 276 g/mol. The predicted molar refractivity (Wildman–Crippen MR) is 80.6 cm³/mol. The fourth-order valence-electron chi connectivity index (χ4n) is 2.17. The molecule has 1 atom stereocenters. The molecule has 0 spiro atoms. The molecule has 1 heterocycles. The summed E-state index contributed by atoms with van der Waals surface area (Å²) < 4.78 is 0. The van der Waals surface area contributed by atoms with Crippen LogP contribution in [0.15, 0.2) is 18.2 Å². The second kappa shape index (κ2) is 6.65. The number of carbonyl (C=O) groups is 2. The molecule has 1 aromatic rings. The highest BCUT2D eigenvalue weighted by Crippen LogP contribution is 2.25. The van der Waals surface area contributed by atoms with Gasteiger partial charge in [0.25, 0.3) is 0 Å². The van der Waals surface area contributed by atoms with Gasteiger partial charge >= 0.3 is 12.0 Å².